The van der Waals surface area contributed by atoms with Gasteiger partial charge in [-0.1, -0.05) is 13.8 Å². The van der Waals surface area contributed by atoms with Crippen LogP contribution in [0, 0.1) is 5.92 Å². The number of fused-ring (bicyclic) bond motifs is 1. The lowest BCUT2D eigenvalue weighted by molar-refractivity contribution is -0.123. The molecular weight excluding hydrogens is 444 g/mol. The molecule has 0 aliphatic carbocycles. The third kappa shape index (κ3) is 7.03. The van der Waals surface area contributed by atoms with Gasteiger partial charge in [0.1, 0.15) is 13.2 Å². The van der Waals surface area contributed by atoms with Gasteiger partial charge in [-0.05, 0) is 42.7 Å². The number of anilines is 1. The van der Waals surface area contributed by atoms with Crippen LogP contribution in [0.1, 0.15) is 30.6 Å². The molecule has 0 aromatic heterocycles. The second kappa shape index (κ2) is 11.8. The largest absolute Gasteiger partial charge is 0.493 e. The summed E-state index contributed by atoms with van der Waals surface area (Å²) in [6.07, 6.45) is 0.879. The Morgan fingerprint density at radius 3 is 2.50 bits per heavy atom. The Hall–Kier alpha value is -3.95. The van der Waals surface area contributed by atoms with Crippen molar-refractivity contribution in [1.29, 1.82) is 0 Å². The molecule has 0 atom stereocenters. The van der Waals surface area contributed by atoms with E-state index in [1.807, 2.05) is 0 Å². The normalized spacial score (nSPS) is 12.0. The molecule has 2 N–H and O–H groups in total. The van der Waals surface area contributed by atoms with Gasteiger partial charge in [0.25, 0.3) is 5.91 Å². The van der Waals surface area contributed by atoms with E-state index in [0.717, 1.165) is 6.42 Å². The number of esters is 1. The van der Waals surface area contributed by atoms with Crippen molar-refractivity contribution in [2.75, 3.05) is 38.9 Å². The van der Waals surface area contributed by atoms with Gasteiger partial charge < -0.3 is 29.0 Å². The number of ether oxygens (including phenoxy) is 5. The van der Waals surface area contributed by atoms with Gasteiger partial charge in [0.2, 0.25) is 0 Å². The molecule has 0 bridgehead atoms. The Labute approximate surface area is 197 Å². The molecule has 0 unspecified atom stereocenters. The lowest BCUT2D eigenvalue weighted by Crippen LogP contribution is -2.37. The van der Waals surface area contributed by atoms with E-state index in [-0.39, 0.29) is 5.56 Å². The fraction of sp³-hybridized carbons (Fsp3) is 0.375. The van der Waals surface area contributed by atoms with Crippen molar-refractivity contribution in [3.8, 4) is 23.0 Å². The number of carbonyl (C=O) groups excluding carboxylic acids is 3. The maximum absolute atomic E-state index is 12.3. The van der Waals surface area contributed by atoms with Gasteiger partial charge in [0, 0.05) is 11.8 Å². The molecule has 1 aliphatic rings. The summed E-state index contributed by atoms with van der Waals surface area (Å²) in [7, 11) is 1.47. The number of nitrogens with one attached hydrogen (secondary N) is 2. The molecule has 2 aromatic carbocycles. The maximum atomic E-state index is 12.3. The van der Waals surface area contributed by atoms with Crippen LogP contribution in [0.4, 0.5) is 10.5 Å². The van der Waals surface area contributed by atoms with E-state index in [2.05, 4.69) is 24.5 Å². The smallest absolute Gasteiger partial charge is 0.338 e. The maximum Gasteiger partial charge on any atom is 0.338 e. The number of carbonyl (C=O) groups is 3. The Bertz CT molecular complexity index is 1040. The molecule has 10 nitrogen and oxygen atoms in total. The van der Waals surface area contributed by atoms with Crippen molar-refractivity contribution in [2.24, 2.45) is 5.92 Å². The second-order valence-electron chi connectivity index (χ2n) is 7.83. The molecule has 10 heteroatoms. The Balaban J connectivity index is 1.47. The van der Waals surface area contributed by atoms with Gasteiger partial charge in [-0.3, -0.25) is 10.1 Å². The van der Waals surface area contributed by atoms with E-state index >= 15 is 0 Å². The van der Waals surface area contributed by atoms with E-state index in [1.165, 1.54) is 19.2 Å². The summed E-state index contributed by atoms with van der Waals surface area (Å²) in [4.78, 5) is 36.4. The molecule has 0 saturated heterocycles. The van der Waals surface area contributed by atoms with Crippen LogP contribution < -0.4 is 29.6 Å². The molecule has 2 aromatic rings. The van der Waals surface area contributed by atoms with Crippen molar-refractivity contribution in [3.05, 3.63) is 42.0 Å². The van der Waals surface area contributed by atoms with Gasteiger partial charge in [-0.2, -0.15) is 0 Å². The van der Waals surface area contributed by atoms with Crippen LogP contribution in [-0.4, -0.2) is 51.4 Å². The number of imide groups is 1. The zero-order chi connectivity index (χ0) is 24.5. The standard InChI is InChI=1S/C24H28N2O8/c1-15(2)8-9-31-18-6-4-16(12-20(18)30-3)23(28)34-14-22(27)26-24(29)25-17-5-7-19-21(13-17)33-11-10-32-19/h4-7,12-13,15H,8-11,14H2,1-3H3,(H2,25,26,27,29). The Kier molecular flexibility index (Phi) is 8.55. The number of rotatable bonds is 9. The summed E-state index contributed by atoms with van der Waals surface area (Å²) < 4.78 is 26.8. The number of methoxy groups -OCH3 is 1. The van der Waals surface area contributed by atoms with E-state index < -0.39 is 24.5 Å². The van der Waals surface area contributed by atoms with Crippen molar-refractivity contribution >= 4 is 23.6 Å². The molecular formula is C24H28N2O8. The van der Waals surface area contributed by atoms with E-state index in [0.29, 0.717) is 54.4 Å². The zero-order valence-corrected chi connectivity index (χ0v) is 19.3. The zero-order valence-electron chi connectivity index (χ0n) is 19.3. The van der Waals surface area contributed by atoms with E-state index in [1.54, 1.807) is 24.3 Å². The molecule has 34 heavy (non-hydrogen) atoms. The average molecular weight is 472 g/mol. The number of urea groups is 1. The minimum Gasteiger partial charge on any atom is -0.493 e. The fourth-order valence-electron chi connectivity index (χ4n) is 2.98. The summed E-state index contributed by atoms with van der Waals surface area (Å²) in [6, 6.07) is 8.67. The molecule has 3 amide bonds. The van der Waals surface area contributed by atoms with Crippen LogP contribution in [0.25, 0.3) is 0 Å². The lowest BCUT2D eigenvalue weighted by Gasteiger charge is -2.19. The summed E-state index contributed by atoms with van der Waals surface area (Å²) in [5.74, 6) is 0.922. The second-order valence-corrected chi connectivity index (χ2v) is 7.83. The highest BCUT2D eigenvalue weighted by molar-refractivity contribution is 6.02. The van der Waals surface area contributed by atoms with Gasteiger partial charge >= 0.3 is 12.0 Å². The number of amides is 3. The van der Waals surface area contributed by atoms with Gasteiger partial charge in [0.15, 0.2) is 29.6 Å². The quantitative estimate of drug-likeness (QED) is 0.533. The van der Waals surface area contributed by atoms with Crippen LogP contribution in [0.3, 0.4) is 0 Å². The first-order chi connectivity index (χ1) is 16.4. The van der Waals surface area contributed by atoms with Crippen LogP contribution in [0.5, 0.6) is 23.0 Å². The van der Waals surface area contributed by atoms with Crippen molar-refractivity contribution in [3.63, 3.8) is 0 Å². The van der Waals surface area contributed by atoms with E-state index in [9.17, 15) is 14.4 Å². The minimum absolute atomic E-state index is 0.182. The van der Waals surface area contributed by atoms with Gasteiger partial charge in [0.05, 0.1) is 19.3 Å². The van der Waals surface area contributed by atoms with Crippen LogP contribution in [0.15, 0.2) is 36.4 Å². The molecule has 0 radical (unpaired) electrons. The highest BCUT2D eigenvalue weighted by Crippen LogP contribution is 2.32. The highest BCUT2D eigenvalue weighted by atomic mass is 16.6. The summed E-state index contributed by atoms with van der Waals surface area (Å²) >= 11 is 0. The van der Waals surface area contributed by atoms with E-state index in [4.69, 9.17) is 23.7 Å². The molecule has 182 valence electrons. The molecule has 1 aliphatic heterocycles. The number of hydrogen-bond donors (Lipinski definition) is 2. The third-order valence-electron chi connectivity index (χ3n) is 4.74. The average Bonchev–Trinajstić information content (AvgIpc) is 2.82. The van der Waals surface area contributed by atoms with Crippen molar-refractivity contribution in [2.45, 2.75) is 20.3 Å². The highest BCUT2D eigenvalue weighted by Gasteiger charge is 2.17. The molecule has 1 heterocycles. The third-order valence-corrected chi connectivity index (χ3v) is 4.74. The first-order valence-corrected chi connectivity index (χ1v) is 10.8. The SMILES string of the molecule is COc1cc(C(=O)OCC(=O)NC(=O)Nc2ccc3c(c2)OCCO3)ccc1OCCC(C)C. The first kappa shape index (κ1) is 24.7. The molecule has 0 saturated carbocycles. The predicted molar refractivity (Wildman–Crippen MR) is 123 cm³/mol. The molecule has 0 spiro atoms. The van der Waals surface area contributed by atoms with Crippen molar-refractivity contribution < 1.29 is 38.1 Å². The molecule has 0 fully saturated rings. The molecule has 3 rings (SSSR count). The minimum atomic E-state index is -0.788. The topological polar surface area (TPSA) is 121 Å². The number of hydrogen-bond acceptors (Lipinski definition) is 8. The lowest BCUT2D eigenvalue weighted by atomic mass is 10.1. The van der Waals surface area contributed by atoms with Gasteiger partial charge in [-0.15, -0.1) is 0 Å². The first-order valence-electron chi connectivity index (χ1n) is 10.8. The Morgan fingerprint density at radius 2 is 1.76 bits per heavy atom. The van der Waals surface area contributed by atoms with Crippen molar-refractivity contribution in [1.82, 2.24) is 5.32 Å². The van der Waals surface area contributed by atoms with Crippen LogP contribution in [0.2, 0.25) is 0 Å². The monoisotopic (exact) mass is 472 g/mol. The summed E-state index contributed by atoms with van der Waals surface area (Å²) in [5, 5.41) is 4.61. The summed E-state index contributed by atoms with van der Waals surface area (Å²) in [6.45, 7) is 4.94. The van der Waals surface area contributed by atoms with Crippen LogP contribution in [-0.2, 0) is 9.53 Å². The summed E-state index contributed by atoms with van der Waals surface area (Å²) in [5.41, 5.74) is 0.593. The number of benzene rings is 2. The van der Waals surface area contributed by atoms with Crippen LogP contribution >= 0.6 is 0 Å². The fourth-order valence-corrected chi connectivity index (χ4v) is 2.98. The predicted octanol–water partition coefficient (Wildman–Crippen LogP) is 3.40. The van der Waals surface area contributed by atoms with Gasteiger partial charge in [-0.25, -0.2) is 9.59 Å². The Morgan fingerprint density at radius 1 is 1.00 bits per heavy atom.